The van der Waals surface area contributed by atoms with Crippen LogP contribution in [0.3, 0.4) is 0 Å². The number of hydrogen-bond acceptors (Lipinski definition) is 2. The molecule has 1 atom stereocenters. The summed E-state index contributed by atoms with van der Waals surface area (Å²) < 4.78 is 45.6. The van der Waals surface area contributed by atoms with E-state index in [9.17, 15) is 18.3 Å². The van der Waals surface area contributed by atoms with Crippen molar-refractivity contribution in [3.05, 3.63) is 46.1 Å². The second-order valence-electron chi connectivity index (χ2n) is 4.78. The van der Waals surface area contributed by atoms with E-state index in [1.54, 1.807) is 24.3 Å². The molecule has 0 amide bonds. The Morgan fingerprint density at radius 3 is 2.35 bits per heavy atom. The molecule has 1 aliphatic heterocycles. The van der Waals surface area contributed by atoms with E-state index in [4.69, 9.17) is 4.74 Å². The Kier molecular flexibility index (Phi) is 4.44. The van der Waals surface area contributed by atoms with Gasteiger partial charge in [-0.1, -0.05) is 28.1 Å². The van der Waals surface area contributed by atoms with Crippen molar-refractivity contribution in [1.29, 1.82) is 0 Å². The highest BCUT2D eigenvalue weighted by Gasteiger charge is 2.56. The molecule has 2 rings (SSSR count). The van der Waals surface area contributed by atoms with Gasteiger partial charge in [0.15, 0.2) is 5.60 Å². The molecule has 2 nitrogen and oxygen atoms in total. The van der Waals surface area contributed by atoms with E-state index in [-0.39, 0.29) is 12.0 Å². The quantitative estimate of drug-likeness (QED) is 0.893. The number of halogens is 4. The lowest BCUT2D eigenvalue weighted by atomic mass is 9.84. The van der Waals surface area contributed by atoms with Gasteiger partial charge in [0.2, 0.25) is 0 Å². The van der Waals surface area contributed by atoms with Crippen molar-refractivity contribution in [2.24, 2.45) is 0 Å². The van der Waals surface area contributed by atoms with Gasteiger partial charge in [0.05, 0.1) is 12.9 Å². The molecule has 1 unspecified atom stereocenters. The fraction of sp³-hybridized carbons (Fsp3) is 0.429. The highest BCUT2D eigenvalue weighted by atomic mass is 79.9. The highest BCUT2D eigenvalue weighted by molar-refractivity contribution is 9.10. The molecule has 0 aromatic heterocycles. The Morgan fingerprint density at radius 1 is 1.20 bits per heavy atom. The van der Waals surface area contributed by atoms with Crippen molar-refractivity contribution in [1.82, 2.24) is 0 Å². The first-order valence-electron chi connectivity index (χ1n) is 6.17. The van der Waals surface area contributed by atoms with Gasteiger partial charge in [-0.3, -0.25) is 0 Å². The van der Waals surface area contributed by atoms with Gasteiger partial charge in [0.1, 0.15) is 0 Å². The maximum absolute atomic E-state index is 13.3. The zero-order valence-electron chi connectivity index (χ0n) is 10.6. The van der Waals surface area contributed by atoms with Gasteiger partial charge in [-0.25, -0.2) is 0 Å². The van der Waals surface area contributed by atoms with Gasteiger partial charge in [-0.2, -0.15) is 13.2 Å². The van der Waals surface area contributed by atoms with Crippen LogP contribution in [-0.4, -0.2) is 23.5 Å². The Morgan fingerprint density at radius 2 is 1.85 bits per heavy atom. The molecule has 0 saturated carbocycles. The van der Waals surface area contributed by atoms with Crippen LogP contribution in [0, 0.1) is 0 Å². The van der Waals surface area contributed by atoms with Gasteiger partial charge in [-0.15, -0.1) is 0 Å². The molecule has 0 aliphatic carbocycles. The SMILES string of the molecule is OC(Cc1ccc(Br)cc1)(C1=COCCC1)C(F)(F)F. The lowest BCUT2D eigenvalue weighted by Gasteiger charge is -2.34. The molecule has 6 heteroatoms. The molecule has 0 fully saturated rings. The molecule has 20 heavy (non-hydrogen) atoms. The zero-order chi connectivity index (χ0) is 14.8. The molecular weight excluding hydrogens is 337 g/mol. The zero-order valence-corrected chi connectivity index (χ0v) is 12.2. The third-order valence-corrected chi connectivity index (χ3v) is 3.84. The van der Waals surface area contributed by atoms with E-state index in [0.717, 1.165) is 10.7 Å². The van der Waals surface area contributed by atoms with Crippen molar-refractivity contribution in [3.8, 4) is 0 Å². The van der Waals surface area contributed by atoms with E-state index in [1.807, 2.05) is 0 Å². The summed E-state index contributed by atoms with van der Waals surface area (Å²) in [6.07, 6.45) is -3.54. The average Bonchev–Trinajstić information content (AvgIpc) is 2.41. The van der Waals surface area contributed by atoms with Crippen LogP contribution >= 0.6 is 15.9 Å². The van der Waals surface area contributed by atoms with Crippen LogP contribution < -0.4 is 0 Å². The number of aliphatic hydroxyl groups is 1. The molecule has 1 aromatic rings. The van der Waals surface area contributed by atoms with Crippen molar-refractivity contribution in [2.45, 2.75) is 31.0 Å². The highest BCUT2D eigenvalue weighted by Crippen LogP contribution is 2.41. The summed E-state index contributed by atoms with van der Waals surface area (Å²) in [7, 11) is 0. The molecule has 0 spiro atoms. The van der Waals surface area contributed by atoms with Gasteiger partial charge in [0, 0.05) is 16.5 Å². The van der Waals surface area contributed by atoms with E-state index in [0.29, 0.717) is 18.6 Å². The monoisotopic (exact) mass is 350 g/mol. The maximum Gasteiger partial charge on any atom is 0.421 e. The summed E-state index contributed by atoms with van der Waals surface area (Å²) in [5, 5.41) is 10.2. The summed E-state index contributed by atoms with van der Waals surface area (Å²) in [6, 6.07) is 6.42. The summed E-state index contributed by atoms with van der Waals surface area (Å²) in [4.78, 5) is 0. The molecule has 110 valence electrons. The summed E-state index contributed by atoms with van der Waals surface area (Å²) in [5.74, 6) is 0. The first kappa shape index (κ1) is 15.4. The number of rotatable bonds is 3. The minimum Gasteiger partial charge on any atom is -0.501 e. The van der Waals surface area contributed by atoms with Crippen LogP contribution in [-0.2, 0) is 11.2 Å². The van der Waals surface area contributed by atoms with Gasteiger partial charge >= 0.3 is 6.18 Å². The van der Waals surface area contributed by atoms with Crippen LogP contribution in [0.4, 0.5) is 13.2 Å². The fourth-order valence-corrected chi connectivity index (χ4v) is 2.43. The van der Waals surface area contributed by atoms with Crippen molar-refractivity contribution < 1.29 is 23.0 Å². The molecular formula is C14H14BrF3O2. The summed E-state index contributed by atoms with van der Waals surface area (Å²) in [6.45, 7) is 0.385. The molecule has 0 radical (unpaired) electrons. The number of alkyl halides is 3. The largest absolute Gasteiger partial charge is 0.501 e. The van der Waals surface area contributed by atoms with Gasteiger partial charge in [0.25, 0.3) is 0 Å². The van der Waals surface area contributed by atoms with Gasteiger partial charge < -0.3 is 9.84 Å². The number of benzene rings is 1. The minimum atomic E-state index is -4.74. The normalized spacial score (nSPS) is 18.9. The van der Waals surface area contributed by atoms with Crippen molar-refractivity contribution >= 4 is 15.9 Å². The second-order valence-corrected chi connectivity index (χ2v) is 5.69. The van der Waals surface area contributed by atoms with Crippen LogP contribution in [0.2, 0.25) is 0 Å². The summed E-state index contributed by atoms with van der Waals surface area (Å²) >= 11 is 3.23. The molecule has 0 bridgehead atoms. The first-order valence-corrected chi connectivity index (χ1v) is 6.97. The molecule has 1 aromatic carbocycles. The van der Waals surface area contributed by atoms with E-state index in [1.165, 1.54) is 0 Å². The molecule has 1 heterocycles. The van der Waals surface area contributed by atoms with Crippen LogP contribution in [0.15, 0.2) is 40.6 Å². The summed E-state index contributed by atoms with van der Waals surface area (Å²) in [5.41, 5.74) is -2.57. The van der Waals surface area contributed by atoms with Crippen LogP contribution in [0.5, 0.6) is 0 Å². The van der Waals surface area contributed by atoms with Crippen molar-refractivity contribution in [2.75, 3.05) is 6.61 Å². The molecule has 1 N–H and O–H groups in total. The lowest BCUT2D eigenvalue weighted by molar-refractivity contribution is -0.245. The predicted molar refractivity (Wildman–Crippen MR) is 72.1 cm³/mol. The second kappa shape index (κ2) is 5.77. The smallest absolute Gasteiger partial charge is 0.421 e. The Balaban J connectivity index is 2.32. The predicted octanol–water partition coefficient (Wildman–Crippen LogP) is 3.98. The molecule has 1 aliphatic rings. The fourth-order valence-electron chi connectivity index (χ4n) is 2.16. The van der Waals surface area contributed by atoms with Crippen molar-refractivity contribution in [3.63, 3.8) is 0 Å². The first-order chi connectivity index (χ1) is 9.33. The Hall–Kier alpha value is -1.01. The average molecular weight is 351 g/mol. The van der Waals surface area contributed by atoms with Crippen LogP contribution in [0.25, 0.3) is 0 Å². The third kappa shape index (κ3) is 3.17. The number of hydrogen-bond donors (Lipinski definition) is 1. The van der Waals surface area contributed by atoms with Gasteiger partial charge in [-0.05, 0) is 30.5 Å². The van der Waals surface area contributed by atoms with E-state index in [2.05, 4.69) is 15.9 Å². The van der Waals surface area contributed by atoms with Crippen LogP contribution in [0.1, 0.15) is 18.4 Å². The Bertz CT molecular complexity index is 496. The maximum atomic E-state index is 13.3. The minimum absolute atomic E-state index is 0.112. The van der Waals surface area contributed by atoms with E-state index >= 15 is 0 Å². The van der Waals surface area contributed by atoms with E-state index < -0.39 is 18.2 Å². The third-order valence-electron chi connectivity index (χ3n) is 3.31. The number of ether oxygens (including phenoxy) is 1. The standard InChI is InChI=1S/C14H14BrF3O2/c15-12-5-3-10(4-6-12)8-13(19,14(16,17)18)11-2-1-7-20-9-11/h3-6,9,19H,1-2,7-8H2. The lowest BCUT2D eigenvalue weighted by Crippen LogP contribution is -2.49. The Labute approximate surface area is 123 Å². The topological polar surface area (TPSA) is 29.5 Å². The molecule has 0 saturated heterocycles.